The SMILES string of the molecule is CC.Cc1ccc2c(c1)C(c1ccc(Br)cc1)CN(C/C=C/c1ccccc1)CC2. The van der Waals surface area contributed by atoms with Gasteiger partial charge in [-0.25, -0.2) is 0 Å². The lowest BCUT2D eigenvalue weighted by Crippen LogP contribution is -2.29. The Hall–Kier alpha value is -2.16. The normalized spacial score (nSPS) is 16.5. The maximum absolute atomic E-state index is 3.58. The maximum atomic E-state index is 3.58. The molecule has 0 saturated carbocycles. The van der Waals surface area contributed by atoms with Crippen LogP contribution in [0.5, 0.6) is 0 Å². The van der Waals surface area contributed by atoms with Crippen LogP contribution in [-0.4, -0.2) is 24.5 Å². The van der Waals surface area contributed by atoms with Gasteiger partial charge in [0.2, 0.25) is 0 Å². The number of hydrogen-bond acceptors (Lipinski definition) is 1. The van der Waals surface area contributed by atoms with Crippen LogP contribution in [0.2, 0.25) is 0 Å². The van der Waals surface area contributed by atoms with E-state index in [9.17, 15) is 0 Å². The summed E-state index contributed by atoms with van der Waals surface area (Å²) in [5, 5.41) is 0. The van der Waals surface area contributed by atoms with Crippen LogP contribution in [0.1, 0.15) is 47.6 Å². The number of hydrogen-bond donors (Lipinski definition) is 0. The van der Waals surface area contributed by atoms with Crippen LogP contribution in [0.4, 0.5) is 0 Å². The lowest BCUT2D eigenvalue weighted by atomic mass is 9.87. The highest BCUT2D eigenvalue weighted by Crippen LogP contribution is 2.32. The summed E-state index contributed by atoms with van der Waals surface area (Å²) >= 11 is 3.58. The molecule has 1 atom stereocenters. The largest absolute Gasteiger partial charge is 0.298 e. The minimum absolute atomic E-state index is 0.413. The van der Waals surface area contributed by atoms with E-state index in [0.717, 1.165) is 30.5 Å². The van der Waals surface area contributed by atoms with Gasteiger partial charge in [0.15, 0.2) is 0 Å². The Kier molecular flexibility index (Phi) is 8.48. The van der Waals surface area contributed by atoms with Gasteiger partial charge >= 0.3 is 0 Å². The number of fused-ring (bicyclic) bond motifs is 1. The second-order valence-corrected chi connectivity index (χ2v) is 8.54. The second-order valence-electron chi connectivity index (χ2n) is 7.63. The second kappa shape index (κ2) is 11.3. The molecule has 0 radical (unpaired) electrons. The third-order valence-electron chi connectivity index (χ3n) is 5.56. The molecule has 1 aliphatic heterocycles. The van der Waals surface area contributed by atoms with Crippen molar-refractivity contribution in [3.63, 3.8) is 0 Å². The van der Waals surface area contributed by atoms with Crippen molar-refractivity contribution < 1.29 is 0 Å². The third-order valence-corrected chi connectivity index (χ3v) is 6.09. The Balaban J connectivity index is 0.00000124. The van der Waals surface area contributed by atoms with E-state index in [-0.39, 0.29) is 0 Å². The van der Waals surface area contributed by atoms with Gasteiger partial charge in [0.05, 0.1) is 0 Å². The van der Waals surface area contributed by atoms with Gasteiger partial charge in [-0.05, 0) is 47.7 Å². The highest BCUT2D eigenvalue weighted by molar-refractivity contribution is 9.10. The fourth-order valence-corrected chi connectivity index (χ4v) is 4.31. The molecule has 0 aromatic heterocycles. The highest BCUT2D eigenvalue weighted by Gasteiger charge is 2.24. The Bertz CT molecular complexity index is 944. The molecule has 0 spiro atoms. The number of halogens is 1. The van der Waals surface area contributed by atoms with Crippen LogP contribution in [0.25, 0.3) is 6.08 Å². The van der Waals surface area contributed by atoms with Crippen molar-refractivity contribution >= 4 is 22.0 Å². The maximum Gasteiger partial charge on any atom is 0.0220 e. The lowest BCUT2D eigenvalue weighted by Gasteiger charge is -2.24. The van der Waals surface area contributed by atoms with E-state index in [1.807, 2.05) is 13.8 Å². The fraction of sp³-hybridized carbons (Fsp3) is 0.286. The minimum Gasteiger partial charge on any atom is -0.298 e. The smallest absolute Gasteiger partial charge is 0.0220 e. The molecule has 3 aromatic carbocycles. The number of aryl methyl sites for hydroxylation is 1. The monoisotopic (exact) mass is 461 g/mol. The molecule has 0 saturated heterocycles. The molecule has 1 heterocycles. The summed E-state index contributed by atoms with van der Waals surface area (Å²) in [6.45, 7) is 9.33. The van der Waals surface area contributed by atoms with Gasteiger partial charge in [0.1, 0.15) is 0 Å². The van der Waals surface area contributed by atoms with Crippen molar-refractivity contribution in [1.29, 1.82) is 0 Å². The number of nitrogens with zero attached hydrogens (tertiary/aromatic N) is 1. The van der Waals surface area contributed by atoms with Crippen LogP contribution in [0, 0.1) is 6.92 Å². The summed E-state index contributed by atoms with van der Waals surface area (Å²) in [7, 11) is 0. The molecule has 1 nitrogen and oxygen atoms in total. The van der Waals surface area contributed by atoms with Gasteiger partial charge in [0.25, 0.3) is 0 Å². The summed E-state index contributed by atoms with van der Waals surface area (Å²) < 4.78 is 1.14. The molecule has 0 bridgehead atoms. The molecule has 1 unspecified atom stereocenters. The number of benzene rings is 3. The predicted molar refractivity (Wildman–Crippen MR) is 134 cm³/mol. The van der Waals surface area contributed by atoms with E-state index in [4.69, 9.17) is 0 Å². The molecule has 156 valence electrons. The van der Waals surface area contributed by atoms with Gasteiger partial charge < -0.3 is 0 Å². The molecule has 4 rings (SSSR count). The van der Waals surface area contributed by atoms with Crippen LogP contribution in [0.15, 0.2) is 83.3 Å². The molecule has 0 fully saturated rings. The zero-order valence-electron chi connectivity index (χ0n) is 18.3. The Labute approximate surface area is 190 Å². The summed E-state index contributed by atoms with van der Waals surface area (Å²) in [5.74, 6) is 0.413. The first-order valence-corrected chi connectivity index (χ1v) is 11.8. The van der Waals surface area contributed by atoms with Crippen molar-refractivity contribution in [2.24, 2.45) is 0 Å². The first-order chi connectivity index (χ1) is 14.7. The summed E-state index contributed by atoms with van der Waals surface area (Å²) in [6, 6.07) is 26.4. The molecule has 0 aliphatic carbocycles. The van der Waals surface area contributed by atoms with E-state index in [2.05, 4.69) is 113 Å². The Morgan fingerprint density at radius 1 is 0.967 bits per heavy atom. The predicted octanol–water partition coefficient (Wildman–Crippen LogP) is 7.49. The molecule has 30 heavy (non-hydrogen) atoms. The van der Waals surface area contributed by atoms with Crippen LogP contribution in [-0.2, 0) is 6.42 Å². The van der Waals surface area contributed by atoms with Gasteiger partial charge in [-0.3, -0.25) is 4.90 Å². The zero-order valence-corrected chi connectivity index (χ0v) is 19.9. The van der Waals surface area contributed by atoms with E-state index in [0.29, 0.717) is 5.92 Å². The van der Waals surface area contributed by atoms with Crippen molar-refractivity contribution in [3.8, 4) is 0 Å². The molecule has 1 aliphatic rings. The molecular formula is C28H32BrN. The van der Waals surface area contributed by atoms with Crippen LogP contribution in [0.3, 0.4) is 0 Å². The Morgan fingerprint density at radius 2 is 1.70 bits per heavy atom. The lowest BCUT2D eigenvalue weighted by molar-refractivity contribution is 0.306. The van der Waals surface area contributed by atoms with Crippen molar-refractivity contribution in [3.05, 3.63) is 111 Å². The van der Waals surface area contributed by atoms with Gasteiger partial charge in [-0.1, -0.05) is 108 Å². The molecule has 2 heteroatoms. The third kappa shape index (κ3) is 5.93. The van der Waals surface area contributed by atoms with E-state index in [1.54, 1.807) is 0 Å². The average Bonchev–Trinajstić information content (AvgIpc) is 2.96. The topological polar surface area (TPSA) is 3.24 Å². The summed E-state index contributed by atoms with van der Waals surface area (Å²) in [6.07, 6.45) is 5.65. The zero-order chi connectivity index (χ0) is 21.3. The summed E-state index contributed by atoms with van der Waals surface area (Å²) in [5.41, 5.74) is 7.00. The standard InChI is InChI=1S/C26H26BrN.C2H6/c1-20-9-10-23-15-17-28(16-5-8-21-6-3-2-4-7-21)19-26(25(23)18-20)22-11-13-24(27)14-12-22;1-2/h2-14,18,26H,15-17,19H2,1H3;1-2H3/b8-5+;. The fourth-order valence-electron chi connectivity index (χ4n) is 4.04. The first kappa shape index (κ1) is 22.5. The molecule has 0 amide bonds. The van der Waals surface area contributed by atoms with Crippen molar-refractivity contribution in [2.45, 2.75) is 33.1 Å². The van der Waals surface area contributed by atoms with Crippen molar-refractivity contribution in [2.75, 3.05) is 19.6 Å². The first-order valence-electron chi connectivity index (χ1n) is 11.0. The molecule has 0 N–H and O–H groups in total. The van der Waals surface area contributed by atoms with Crippen molar-refractivity contribution in [1.82, 2.24) is 4.90 Å². The molecule has 3 aromatic rings. The molecular weight excluding hydrogens is 430 g/mol. The Morgan fingerprint density at radius 3 is 2.43 bits per heavy atom. The van der Waals surface area contributed by atoms with E-state index in [1.165, 1.54) is 27.8 Å². The highest BCUT2D eigenvalue weighted by atomic mass is 79.9. The average molecular weight is 462 g/mol. The van der Waals surface area contributed by atoms with Gasteiger partial charge in [0, 0.05) is 30.0 Å². The van der Waals surface area contributed by atoms with Crippen LogP contribution < -0.4 is 0 Å². The number of rotatable bonds is 4. The quantitative estimate of drug-likeness (QED) is 0.388. The van der Waals surface area contributed by atoms with Crippen LogP contribution >= 0.6 is 15.9 Å². The van der Waals surface area contributed by atoms with Gasteiger partial charge in [-0.15, -0.1) is 0 Å². The minimum atomic E-state index is 0.413. The van der Waals surface area contributed by atoms with Gasteiger partial charge in [-0.2, -0.15) is 0 Å². The van der Waals surface area contributed by atoms with E-state index < -0.39 is 0 Å². The summed E-state index contributed by atoms with van der Waals surface area (Å²) in [4.78, 5) is 2.58. The van der Waals surface area contributed by atoms with E-state index >= 15 is 0 Å².